The first-order valence-corrected chi connectivity index (χ1v) is 4.69. The van der Waals surface area contributed by atoms with Gasteiger partial charge in [-0.25, -0.2) is 0 Å². The molecule has 0 radical (unpaired) electrons. The molecule has 0 bridgehead atoms. The first kappa shape index (κ1) is 8.79. The van der Waals surface area contributed by atoms with Gasteiger partial charge in [0.25, 0.3) is 0 Å². The maximum atomic E-state index is 5.27. The molecule has 64 valence electrons. The van der Waals surface area contributed by atoms with Gasteiger partial charge in [-0.15, -0.1) is 0 Å². The first-order chi connectivity index (χ1) is 5.43. The summed E-state index contributed by atoms with van der Waals surface area (Å²) in [6, 6.07) is 0. The van der Waals surface area contributed by atoms with Gasteiger partial charge in [0.05, 0.1) is 13.2 Å². The molecule has 1 rings (SSSR count). The normalized spacial score (nSPS) is 18.5. The summed E-state index contributed by atoms with van der Waals surface area (Å²) in [7, 11) is 0. The Morgan fingerprint density at radius 2 is 2.09 bits per heavy atom. The Morgan fingerprint density at radius 1 is 1.36 bits per heavy atom. The van der Waals surface area contributed by atoms with Gasteiger partial charge in [-0.3, -0.25) is 0 Å². The highest BCUT2D eigenvalue weighted by Crippen LogP contribution is 2.14. The Kier molecular flexibility index (Phi) is 4.29. The molecule has 11 heavy (non-hydrogen) atoms. The predicted octanol–water partition coefficient (Wildman–Crippen LogP) is 2.91. The minimum absolute atomic E-state index is 0.942. The van der Waals surface area contributed by atoms with Crippen LogP contribution in [0.1, 0.15) is 39.0 Å². The molecular weight excluding hydrogens is 136 g/mol. The van der Waals surface area contributed by atoms with Crippen LogP contribution in [0.4, 0.5) is 0 Å². The van der Waals surface area contributed by atoms with Crippen molar-refractivity contribution < 1.29 is 4.74 Å². The van der Waals surface area contributed by atoms with Crippen molar-refractivity contribution in [1.82, 2.24) is 0 Å². The maximum Gasteiger partial charge on any atom is 0.0503 e. The third-order valence-electron chi connectivity index (χ3n) is 2.13. The van der Waals surface area contributed by atoms with Crippen molar-refractivity contribution in [3.63, 3.8) is 0 Å². The zero-order valence-corrected chi connectivity index (χ0v) is 7.44. The molecule has 1 aliphatic heterocycles. The van der Waals surface area contributed by atoms with Crippen LogP contribution in [0.5, 0.6) is 0 Å². The van der Waals surface area contributed by atoms with E-state index in [0.29, 0.717) is 0 Å². The molecule has 1 fully saturated rings. The molecule has 1 aliphatic rings. The lowest BCUT2D eigenvalue weighted by Gasteiger charge is -2.14. The lowest BCUT2D eigenvalue weighted by molar-refractivity contribution is 0.119. The Bertz CT molecular complexity index is 119. The minimum atomic E-state index is 0.942. The Balaban J connectivity index is 2.15. The van der Waals surface area contributed by atoms with Crippen molar-refractivity contribution >= 4 is 0 Å². The van der Waals surface area contributed by atoms with E-state index < -0.39 is 0 Å². The van der Waals surface area contributed by atoms with Crippen molar-refractivity contribution in [3.05, 3.63) is 11.6 Å². The molecule has 0 amide bonds. The summed E-state index contributed by atoms with van der Waals surface area (Å²) < 4.78 is 5.27. The average Bonchev–Trinajstić information content (AvgIpc) is 2.07. The molecule has 0 aromatic rings. The van der Waals surface area contributed by atoms with Gasteiger partial charge in [-0.2, -0.15) is 0 Å². The number of unbranched alkanes of at least 4 members (excludes halogenated alkanes) is 2. The van der Waals surface area contributed by atoms with Gasteiger partial charge in [0.1, 0.15) is 0 Å². The van der Waals surface area contributed by atoms with Crippen LogP contribution in [0.25, 0.3) is 0 Å². The number of allylic oxidation sites excluding steroid dienone is 1. The van der Waals surface area contributed by atoms with Crippen molar-refractivity contribution in [1.29, 1.82) is 0 Å². The van der Waals surface area contributed by atoms with Crippen molar-refractivity contribution in [3.8, 4) is 0 Å². The monoisotopic (exact) mass is 154 g/mol. The van der Waals surface area contributed by atoms with Crippen LogP contribution in [0, 0.1) is 0 Å². The highest BCUT2D eigenvalue weighted by molar-refractivity contribution is 5.03. The molecule has 0 aromatic carbocycles. The molecule has 0 spiro atoms. The summed E-state index contributed by atoms with van der Waals surface area (Å²) in [6.45, 7) is 4.12. The van der Waals surface area contributed by atoms with Gasteiger partial charge in [-0.05, 0) is 19.3 Å². The molecule has 0 unspecified atom stereocenters. The van der Waals surface area contributed by atoms with E-state index in [1.165, 1.54) is 32.1 Å². The topological polar surface area (TPSA) is 9.23 Å². The molecule has 1 heteroatoms. The van der Waals surface area contributed by atoms with E-state index in [1.54, 1.807) is 5.57 Å². The van der Waals surface area contributed by atoms with Gasteiger partial charge in [0.2, 0.25) is 0 Å². The molecule has 0 N–H and O–H groups in total. The molecule has 0 saturated carbocycles. The molecule has 0 aliphatic carbocycles. The zero-order valence-electron chi connectivity index (χ0n) is 7.44. The summed E-state index contributed by atoms with van der Waals surface area (Å²) in [5.74, 6) is 0. The van der Waals surface area contributed by atoms with E-state index >= 15 is 0 Å². The number of rotatable bonds is 3. The molecule has 1 saturated heterocycles. The lowest BCUT2D eigenvalue weighted by Crippen LogP contribution is -2.06. The SMILES string of the molecule is CCCCC=C1CCOCC1. The van der Waals surface area contributed by atoms with Crippen LogP contribution in [0.15, 0.2) is 11.6 Å². The Hall–Kier alpha value is -0.300. The van der Waals surface area contributed by atoms with Gasteiger partial charge < -0.3 is 4.74 Å². The molecule has 0 atom stereocenters. The first-order valence-electron chi connectivity index (χ1n) is 4.69. The third kappa shape index (κ3) is 3.57. The number of ether oxygens (including phenoxy) is 1. The van der Waals surface area contributed by atoms with Crippen LogP contribution in [0.3, 0.4) is 0 Å². The highest BCUT2D eigenvalue weighted by Gasteiger charge is 2.03. The van der Waals surface area contributed by atoms with Crippen molar-refractivity contribution in [2.45, 2.75) is 39.0 Å². The lowest BCUT2D eigenvalue weighted by atomic mass is 10.1. The second-order valence-electron chi connectivity index (χ2n) is 3.12. The predicted molar refractivity (Wildman–Crippen MR) is 47.7 cm³/mol. The summed E-state index contributed by atoms with van der Waals surface area (Å²) in [5.41, 5.74) is 1.62. The fourth-order valence-electron chi connectivity index (χ4n) is 1.35. The van der Waals surface area contributed by atoms with Crippen molar-refractivity contribution in [2.75, 3.05) is 13.2 Å². The summed E-state index contributed by atoms with van der Waals surface area (Å²) in [6.07, 6.45) is 8.66. The van der Waals surface area contributed by atoms with Crippen molar-refractivity contribution in [2.24, 2.45) is 0 Å². The number of hydrogen-bond donors (Lipinski definition) is 0. The van der Waals surface area contributed by atoms with Crippen LogP contribution in [-0.2, 0) is 4.74 Å². The molecule has 1 heterocycles. The third-order valence-corrected chi connectivity index (χ3v) is 2.13. The van der Waals surface area contributed by atoms with Gasteiger partial charge in [-0.1, -0.05) is 31.4 Å². The zero-order chi connectivity index (χ0) is 7.94. The van der Waals surface area contributed by atoms with E-state index in [9.17, 15) is 0 Å². The van der Waals surface area contributed by atoms with Gasteiger partial charge >= 0.3 is 0 Å². The van der Waals surface area contributed by atoms with Crippen LogP contribution < -0.4 is 0 Å². The Morgan fingerprint density at radius 3 is 2.73 bits per heavy atom. The van der Waals surface area contributed by atoms with E-state index in [4.69, 9.17) is 4.74 Å². The van der Waals surface area contributed by atoms with Crippen LogP contribution >= 0.6 is 0 Å². The molecule has 0 aromatic heterocycles. The van der Waals surface area contributed by atoms with E-state index in [0.717, 1.165) is 13.2 Å². The quantitative estimate of drug-likeness (QED) is 0.448. The summed E-state index contributed by atoms with van der Waals surface area (Å²) in [5, 5.41) is 0. The smallest absolute Gasteiger partial charge is 0.0503 e. The summed E-state index contributed by atoms with van der Waals surface area (Å²) >= 11 is 0. The maximum absolute atomic E-state index is 5.27. The minimum Gasteiger partial charge on any atom is -0.381 e. The fraction of sp³-hybridized carbons (Fsp3) is 0.800. The summed E-state index contributed by atoms with van der Waals surface area (Å²) in [4.78, 5) is 0. The van der Waals surface area contributed by atoms with E-state index in [1.807, 2.05) is 0 Å². The highest BCUT2D eigenvalue weighted by atomic mass is 16.5. The van der Waals surface area contributed by atoms with E-state index in [2.05, 4.69) is 13.0 Å². The van der Waals surface area contributed by atoms with Gasteiger partial charge in [0.15, 0.2) is 0 Å². The van der Waals surface area contributed by atoms with Gasteiger partial charge in [0, 0.05) is 0 Å². The van der Waals surface area contributed by atoms with Crippen LogP contribution in [0.2, 0.25) is 0 Å². The van der Waals surface area contributed by atoms with Crippen LogP contribution in [-0.4, -0.2) is 13.2 Å². The average molecular weight is 154 g/mol. The molecule has 1 nitrogen and oxygen atoms in total. The number of hydrogen-bond acceptors (Lipinski definition) is 1. The standard InChI is InChI=1S/C10H18O/c1-2-3-4-5-10-6-8-11-9-7-10/h5H,2-4,6-9H2,1H3. The largest absolute Gasteiger partial charge is 0.381 e. The molecular formula is C10H18O. The van der Waals surface area contributed by atoms with E-state index in [-0.39, 0.29) is 0 Å². The second kappa shape index (κ2) is 5.36. The second-order valence-corrected chi connectivity index (χ2v) is 3.12. The fourth-order valence-corrected chi connectivity index (χ4v) is 1.35. The Labute approximate surface area is 69.4 Å².